The fourth-order valence-corrected chi connectivity index (χ4v) is 4.26. The number of rotatable bonds is 6. The predicted octanol–water partition coefficient (Wildman–Crippen LogP) is 7.83. The van der Waals surface area contributed by atoms with Gasteiger partial charge in [-0.25, -0.2) is 0 Å². The van der Waals surface area contributed by atoms with Crippen LogP contribution in [0.5, 0.6) is 0 Å². The monoisotopic (exact) mass is 400 g/mol. The van der Waals surface area contributed by atoms with Gasteiger partial charge in [-0.1, -0.05) is 91.5 Å². The van der Waals surface area contributed by atoms with Gasteiger partial charge in [0.1, 0.15) is 0 Å². The molecule has 0 saturated carbocycles. The average molecular weight is 401 g/mol. The summed E-state index contributed by atoms with van der Waals surface area (Å²) in [6.45, 7) is 10.3. The molecule has 3 aromatic carbocycles. The lowest BCUT2D eigenvalue weighted by Gasteiger charge is -2.22. The number of allylic oxidation sites excluding steroid dienone is 4. The SMILES string of the molecule is C=C/C(=C(/S)C(C(=C)C)c1ccc(S)c(-c2ccccc2)c1)c1ccccc1. The smallest absolute Gasteiger partial charge is 0.0357 e. The van der Waals surface area contributed by atoms with Gasteiger partial charge in [-0.05, 0) is 46.9 Å². The minimum absolute atomic E-state index is 0.0204. The molecule has 0 aromatic heterocycles. The summed E-state index contributed by atoms with van der Waals surface area (Å²) in [5, 5.41) is 0. The van der Waals surface area contributed by atoms with E-state index in [0.717, 1.165) is 43.2 Å². The highest BCUT2D eigenvalue weighted by atomic mass is 32.1. The Bertz CT molecular complexity index is 1010. The summed E-state index contributed by atoms with van der Waals surface area (Å²) in [6.07, 6.45) is 1.87. The standard InChI is InChI=1S/C26H24S2/c1-4-22(19-11-7-5-8-12-19)26(28)25(18(2)3)21-15-16-24(27)23(17-21)20-13-9-6-10-14-20/h4-17,25,27-28H,1-2H2,3H3/b26-22-. The molecule has 0 fully saturated rings. The molecule has 0 N–H and O–H groups in total. The summed E-state index contributed by atoms with van der Waals surface area (Å²) in [5.74, 6) is -0.0204. The van der Waals surface area contributed by atoms with E-state index in [4.69, 9.17) is 12.6 Å². The van der Waals surface area contributed by atoms with Crippen LogP contribution >= 0.6 is 25.3 Å². The molecule has 140 valence electrons. The summed E-state index contributed by atoms with van der Waals surface area (Å²) >= 11 is 9.61. The molecule has 0 aliphatic rings. The van der Waals surface area contributed by atoms with Gasteiger partial charge in [-0.2, -0.15) is 0 Å². The fourth-order valence-electron chi connectivity index (χ4n) is 3.40. The zero-order valence-corrected chi connectivity index (χ0v) is 17.8. The molecule has 0 nitrogen and oxygen atoms in total. The van der Waals surface area contributed by atoms with E-state index in [-0.39, 0.29) is 5.92 Å². The summed E-state index contributed by atoms with van der Waals surface area (Å²) in [6, 6.07) is 26.9. The van der Waals surface area contributed by atoms with E-state index in [1.165, 1.54) is 0 Å². The predicted molar refractivity (Wildman–Crippen MR) is 129 cm³/mol. The molecule has 2 heteroatoms. The first-order valence-electron chi connectivity index (χ1n) is 9.17. The summed E-state index contributed by atoms with van der Waals surface area (Å²) in [7, 11) is 0. The second-order valence-corrected chi connectivity index (χ2v) is 7.75. The molecule has 0 radical (unpaired) electrons. The van der Waals surface area contributed by atoms with E-state index in [1.807, 2.05) is 55.5 Å². The van der Waals surface area contributed by atoms with Crippen LogP contribution in [0.3, 0.4) is 0 Å². The zero-order chi connectivity index (χ0) is 20.1. The van der Waals surface area contributed by atoms with Crippen LogP contribution in [0.25, 0.3) is 16.7 Å². The van der Waals surface area contributed by atoms with E-state index < -0.39 is 0 Å². The Hall–Kier alpha value is -2.42. The molecule has 3 aromatic rings. The number of thiol groups is 2. The van der Waals surface area contributed by atoms with Crippen molar-refractivity contribution in [1.29, 1.82) is 0 Å². The van der Waals surface area contributed by atoms with Crippen molar-refractivity contribution in [2.24, 2.45) is 0 Å². The third kappa shape index (κ3) is 4.35. The minimum Gasteiger partial charge on any atom is -0.146 e. The lowest BCUT2D eigenvalue weighted by atomic mass is 9.87. The largest absolute Gasteiger partial charge is 0.146 e. The van der Waals surface area contributed by atoms with Crippen LogP contribution in [0.4, 0.5) is 0 Å². The summed E-state index contributed by atoms with van der Waals surface area (Å²) < 4.78 is 0. The molecule has 0 spiro atoms. The Morgan fingerprint density at radius 3 is 2.11 bits per heavy atom. The molecule has 0 aliphatic heterocycles. The van der Waals surface area contributed by atoms with Crippen molar-refractivity contribution in [3.8, 4) is 11.1 Å². The lowest BCUT2D eigenvalue weighted by molar-refractivity contribution is 0.983. The van der Waals surface area contributed by atoms with Crippen LogP contribution in [0, 0.1) is 0 Å². The quantitative estimate of drug-likeness (QED) is 0.235. The van der Waals surface area contributed by atoms with Crippen LogP contribution in [-0.4, -0.2) is 0 Å². The molecule has 0 bridgehead atoms. The molecule has 0 saturated heterocycles. The van der Waals surface area contributed by atoms with E-state index in [9.17, 15) is 0 Å². The highest BCUT2D eigenvalue weighted by Gasteiger charge is 2.20. The maximum absolute atomic E-state index is 4.94. The van der Waals surface area contributed by atoms with Crippen molar-refractivity contribution in [1.82, 2.24) is 0 Å². The number of hydrogen-bond donors (Lipinski definition) is 2. The summed E-state index contributed by atoms with van der Waals surface area (Å²) in [4.78, 5) is 1.90. The Kier molecular flexibility index (Phi) is 6.66. The lowest BCUT2D eigenvalue weighted by Crippen LogP contribution is -2.03. The van der Waals surface area contributed by atoms with Gasteiger partial charge in [0.15, 0.2) is 0 Å². The van der Waals surface area contributed by atoms with Gasteiger partial charge in [0.25, 0.3) is 0 Å². The van der Waals surface area contributed by atoms with Crippen molar-refractivity contribution in [2.45, 2.75) is 17.7 Å². The molecular weight excluding hydrogens is 376 g/mol. The number of hydrogen-bond acceptors (Lipinski definition) is 2. The molecule has 0 amide bonds. The van der Waals surface area contributed by atoms with Crippen molar-refractivity contribution in [2.75, 3.05) is 0 Å². The zero-order valence-electron chi connectivity index (χ0n) is 16.0. The maximum Gasteiger partial charge on any atom is 0.0357 e. The third-order valence-electron chi connectivity index (χ3n) is 4.77. The van der Waals surface area contributed by atoms with Crippen LogP contribution in [0.1, 0.15) is 24.0 Å². The maximum atomic E-state index is 4.94. The molecule has 1 unspecified atom stereocenters. The first kappa shape index (κ1) is 20.3. The molecular formula is C26H24S2. The second-order valence-electron chi connectivity index (χ2n) is 6.79. The number of benzene rings is 3. The highest BCUT2D eigenvalue weighted by Crippen LogP contribution is 2.40. The molecule has 28 heavy (non-hydrogen) atoms. The van der Waals surface area contributed by atoms with Crippen molar-refractivity contribution >= 4 is 30.8 Å². The van der Waals surface area contributed by atoms with E-state index in [0.29, 0.717) is 0 Å². The Morgan fingerprint density at radius 1 is 0.929 bits per heavy atom. The molecule has 3 rings (SSSR count). The van der Waals surface area contributed by atoms with E-state index >= 15 is 0 Å². The first-order valence-corrected chi connectivity index (χ1v) is 10.1. The fraction of sp³-hybridized carbons (Fsp3) is 0.0769. The average Bonchev–Trinajstić information content (AvgIpc) is 2.71. The van der Waals surface area contributed by atoms with Gasteiger partial charge in [0, 0.05) is 15.7 Å². The third-order valence-corrected chi connectivity index (χ3v) is 5.66. The highest BCUT2D eigenvalue weighted by molar-refractivity contribution is 7.84. The van der Waals surface area contributed by atoms with Crippen LogP contribution in [-0.2, 0) is 0 Å². The normalized spacial score (nSPS) is 12.8. The van der Waals surface area contributed by atoms with E-state index in [2.05, 4.69) is 62.2 Å². The second kappa shape index (κ2) is 9.18. The Labute approximate surface area is 179 Å². The summed E-state index contributed by atoms with van der Waals surface area (Å²) in [5.41, 5.74) is 6.55. The Balaban J connectivity index is 2.14. The van der Waals surface area contributed by atoms with Crippen LogP contribution < -0.4 is 0 Å². The van der Waals surface area contributed by atoms with Gasteiger partial charge >= 0.3 is 0 Å². The Morgan fingerprint density at radius 2 is 1.54 bits per heavy atom. The van der Waals surface area contributed by atoms with Gasteiger partial charge in [-0.3, -0.25) is 0 Å². The minimum atomic E-state index is -0.0204. The van der Waals surface area contributed by atoms with Crippen molar-refractivity contribution < 1.29 is 0 Å². The van der Waals surface area contributed by atoms with E-state index in [1.54, 1.807) is 0 Å². The first-order chi connectivity index (χ1) is 13.5. The van der Waals surface area contributed by atoms with Crippen molar-refractivity contribution in [3.05, 3.63) is 120 Å². The van der Waals surface area contributed by atoms with Gasteiger partial charge in [0.05, 0.1) is 0 Å². The molecule has 1 atom stereocenters. The van der Waals surface area contributed by atoms with Gasteiger partial charge in [0.2, 0.25) is 0 Å². The van der Waals surface area contributed by atoms with Crippen LogP contribution in [0.2, 0.25) is 0 Å². The van der Waals surface area contributed by atoms with Crippen LogP contribution in [0.15, 0.2) is 113 Å². The molecule has 0 aliphatic carbocycles. The van der Waals surface area contributed by atoms with Gasteiger partial charge in [-0.15, -0.1) is 25.3 Å². The van der Waals surface area contributed by atoms with Gasteiger partial charge < -0.3 is 0 Å². The van der Waals surface area contributed by atoms with Crippen molar-refractivity contribution in [3.63, 3.8) is 0 Å². The molecule has 0 heterocycles. The topological polar surface area (TPSA) is 0 Å².